The van der Waals surface area contributed by atoms with E-state index in [1.165, 1.54) is 41.4 Å². The van der Waals surface area contributed by atoms with Gasteiger partial charge in [-0.05, 0) is 37.4 Å². The van der Waals surface area contributed by atoms with E-state index in [-0.39, 0.29) is 0 Å². The lowest BCUT2D eigenvalue weighted by Crippen LogP contribution is -2.50. The van der Waals surface area contributed by atoms with Crippen LogP contribution in [0.4, 0.5) is 5.69 Å². The zero-order valence-electron chi connectivity index (χ0n) is 13.0. The van der Waals surface area contributed by atoms with Crippen molar-refractivity contribution in [2.24, 2.45) is 5.73 Å². The predicted molar refractivity (Wildman–Crippen MR) is 91.3 cm³/mol. The van der Waals surface area contributed by atoms with Crippen LogP contribution < -0.4 is 10.6 Å². The van der Waals surface area contributed by atoms with Crippen LogP contribution in [0.25, 0.3) is 10.8 Å². The second kappa shape index (κ2) is 5.86. The summed E-state index contributed by atoms with van der Waals surface area (Å²) >= 11 is 0. The molecule has 1 fully saturated rings. The maximum Gasteiger partial charge on any atom is 0.0452 e. The fourth-order valence-corrected chi connectivity index (χ4v) is 4.13. The maximum absolute atomic E-state index is 5.75. The van der Waals surface area contributed by atoms with Crippen LogP contribution in [0.2, 0.25) is 0 Å². The molecule has 4 nitrogen and oxygen atoms in total. The maximum atomic E-state index is 5.75. The predicted octanol–water partition coefficient (Wildman–Crippen LogP) is 2.02. The summed E-state index contributed by atoms with van der Waals surface area (Å²) in [6, 6.07) is 7.25. The number of pyridine rings is 1. The number of nitrogens with zero attached hydrogens (tertiary/aromatic N) is 3. The van der Waals surface area contributed by atoms with Crippen molar-refractivity contribution in [1.29, 1.82) is 0 Å². The van der Waals surface area contributed by atoms with E-state index in [0.717, 1.165) is 32.6 Å². The quantitative estimate of drug-likeness (QED) is 0.941. The Kier molecular flexibility index (Phi) is 3.72. The molecule has 22 heavy (non-hydrogen) atoms. The number of hydrogen-bond acceptors (Lipinski definition) is 4. The van der Waals surface area contributed by atoms with Crippen molar-refractivity contribution in [3.8, 4) is 0 Å². The molecule has 0 bridgehead atoms. The molecule has 0 aliphatic carbocycles. The summed E-state index contributed by atoms with van der Waals surface area (Å²) in [5.74, 6) is 0. The Bertz CT molecular complexity index is 662. The van der Waals surface area contributed by atoms with Crippen LogP contribution in [0.15, 0.2) is 30.6 Å². The highest BCUT2D eigenvalue weighted by atomic mass is 15.2. The van der Waals surface area contributed by atoms with Gasteiger partial charge in [0.2, 0.25) is 0 Å². The molecule has 4 heteroatoms. The number of hydrogen-bond donors (Lipinski definition) is 1. The van der Waals surface area contributed by atoms with Crippen molar-refractivity contribution in [2.75, 3.05) is 37.6 Å². The van der Waals surface area contributed by atoms with Crippen molar-refractivity contribution >= 4 is 16.5 Å². The van der Waals surface area contributed by atoms with Crippen molar-refractivity contribution in [3.05, 3.63) is 36.2 Å². The Morgan fingerprint density at radius 1 is 1.23 bits per heavy atom. The van der Waals surface area contributed by atoms with E-state index in [0.29, 0.717) is 6.04 Å². The minimum atomic E-state index is 0.618. The summed E-state index contributed by atoms with van der Waals surface area (Å²) in [7, 11) is 0. The van der Waals surface area contributed by atoms with Crippen LogP contribution in [-0.4, -0.2) is 48.6 Å². The number of benzene rings is 1. The topological polar surface area (TPSA) is 45.4 Å². The van der Waals surface area contributed by atoms with Crippen molar-refractivity contribution < 1.29 is 0 Å². The van der Waals surface area contributed by atoms with Gasteiger partial charge in [-0.1, -0.05) is 12.1 Å². The third-order valence-corrected chi connectivity index (χ3v) is 5.14. The highest BCUT2D eigenvalue weighted by molar-refractivity contribution is 5.97. The number of piperidine rings is 1. The molecule has 2 aliphatic heterocycles. The van der Waals surface area contributed by atoms with Crippen molar-refractivity contribution in [3.63, 3.8) is 0 Å². The molecule has 2 aliphatic rings. The first-order valence-electron chi connectivity index (χ1n) is 8.41. The summed E-state index contributed by atoms with van der Waals surface area (Å²) in [6.07, 6.45) is 7.71. The molecule has 116 valence electrons. The molecular formula is C18H24N4. The lowest BCUT2D eigenvalue weighted by atomic mass is 9.95. The molecule has 1 unspecified atom stereocenters. The third kappa shape index (κ3) is 2.36. The van der Waals surface area contributed by atoms with E-state index in [1.807, 2.05) is 12.4 Å². The van der Waals surface area contributed by atoms with Gasteiger partial charge in [0.15, 0.2) is 0 Å². The number of anilines is 1. The Morgan fingerprint density at radius 3 is 3.09 bits per heavy atom. The van der Waals surface area contributed by atoms with Crippen LogP contribution >= 0.6 is 0 Å². The highest BCUT2D eigenvalue weighted by Crippen LogP contribution is 2.35. The average Bonchev–Trinajstić information content (AvgIpc) is 2.56. The zero-order valence-corrected chi connectivity index (χ0v) is 13.0. The van der Waals surface area contributed by atoms with Gasteiger partial charge in [0.25, 0.3) is 0 Å². The van der Waals surface area contributed by atoms with Gasteiger partial charge in [-0.15, -0.1) is 0 Å². The van der Waals surface area contributed by atoms with Gasteiger partial charge in [0.05, 0.1) is 0 Å². The first-order valence-corrected chi connectivity index (χ1v) is 8.41. The number of likely N-dealkylation sites (tertiary alicyclic amines) is 1. The van der Waals surface area contributed by atoms with Gasteiger partial charge in [0.1, 0.15) is 0 Å². The Balaban J connectivity index is 1.68. The molecule has 0 radical (unpaired) electrons. The summed E-state index contributed by atoms with van der Waals surface area (Å²) in [5.41, 5.74) is 8.55. The van der Waals surface area contributed by atoms with E-state index in [1.54, 1.807) is 0 Å². The molecule has 1 aromatic heterocycles. The Morgan fingerprint density at radius 2 is 2.18 bits per heavy atom. The molecule has 0 amide bonds. The number of rotatable bonds is 3. The van der Waals surface area contributed by atoms with E-state index < -0.39 is 0 Å². The Hall–Kier alpha value is -1.65. The van der Waals surface area contributed by atoms with Crippen LogP contribution in [0, 0.1) is 0 Å². The van der Waals surface area contributed by atoms with Crippen LogP contribution in [0.1, 0.15) is 18.4 Å². The fourth-order valence-electron chi connectivity index (χ4n) is 4.13. The second-order valence-corrected chi connectivity index (χ2v) is 6.50. The molecule has 3 heterocycles. The van der Waals surface area contributed by atoms with E-state index in [4.69, 9.17) is 5.73 Å². The summed E-state index contributed by atoms with van der Waals surface area (Å²) in [6.45, 7) is 5.24. The zero-order chi connectivity index (χ0) is 14.9. The summed E-state index contributed by atoms with van der Waals surface area (Å²) in [4.78, 5) is 9.55. The minimum Gasteiger partial charge on any atom is -0.366 e. The average molecular weight is 296 g/mol. The van der Waals surface area contributed by atoms with Crippen LogP contribution in [-0.2, 0) is 6.42 Å². The van der Waals surface area contributed by atoms with Crippen molar-refractivity contribution in [2.45, 2.75) is 25.3 Å². The van der Waals surface area contributed by atoms with E-state index in [2.05, 4.69) is 33.0 Å². The molecule has 0 saturated carbocycles. The first-order chi connectivity index (χ1) is 10.9. The first kappa shape index (κ1) is 14.0. The van der Waals surface area contributed by atoms with Gasteiger partial charge in [0, 0.05) is 61.1 Å². The SMILES string of the molecule is NCCN1CCCC(N2CCc3cncc4cccc2c34)C1. The molecule has 1 atom stereocenters. The molecule has 0 spiro atoms. The number of aromatic nitrogens is 1. The molecular weight excluding hydrogens is 272 g/mol. The van der Waals surface area contributed by atoms with Crippen LogP contribution in [0.5, 0.6) is 0 Å². The van der Waals surface area contributed by atoms with Gasteiger partial charge in [-0.3, -0.25) is 4.98 Å². The monoisotopic (exact) mass is 296 g/mol. The van der Waals surface area contributed by atoms with Crippen molar-refractivity contribution in [1.82, 2.24) is 9.88 Å². The van der Waals surface area contributed by atoms with E-state index >= 15 is 0 Å². The molecule has 1 saturated heterocycles. The van der Waals surface area contributed by atoms with Gasteiger partial charge in [-0.25, -0.2) is 0 Å². The lowest BCUT2D eigenvalue weighted by molar-refractivity contribution is 0.209. The van der Waals surface area contributed by atoms with Gasteiger partial charge < -0.3 is 15.5 Å². The largest absolute Gasteiger partial charge is 0.366 e. The molecule has 1 aromatic carbocycles. The Labute approximate surface area is 131 Å². The fraction of sp³-hybridized carbons (Fsp3) is 0.500. The number of nitrogens with two attached hydrogens (primary N) is 1. The minimum absolute atomic E-state index is 0.618. The summed E-state index contributed by atoms with van der Waals surface area (Å²) < 4.78 is 0. The standard InChI is InChI=1S/C18H24N4/c19-7-10-21-8-2-4-16(13-21)22-9-6-15-12-20-11-14-3-1-5-17(22)18(14)15/h1,3,5,11-12,16H,2,4,6-10,13,19H2. The van der Waals surface area contributed by atoms with Crippen LogP contribution in [0.3, 0.4) is 0 Å². The summed E-state index contributed by atoms with van der Waals surface area (Å²) in [5, 5.41) is 2.69. The van der Waals surface area contributed by atoms with Gasteiger partial charge in [-0.2, -0.15) is 0 Å². The molecule has 4 rings (SSSR count). The third-order valence-electron chi connectivity index (χ3n) is 5.14. The second-order valence-electron chi connectivity index (χ2n) is 6.50. The normalized spacial score (nSPS) is 22.2. The lowest BCUT2D eigenvalue weighted by Gasteiger charge is -2.42. The smallest absolute Gasteiger partial charge is 0.0452 e. The molecule has 2 aromatic rings. The van der Waals surface area contributed by atoms with E-state index in [9.17, 15) is 0 Å². The molecule has 2 N–H and O–H groups in total. The van der Waals surface area contributed by atoms with Gasteiger partial charge >= 0.3 is 0 Å². The highest BCUT2D eigenvalue weighted by Gasteiger charge is 2.28.